The van der Waals surface area contributed by atoms with Crippen molar-refractivity contribution in [2.24, 2.45) is 10.1 Å². The normalized spacial score (nSPS) is 14.0. The lowest BCUT2D eigenvalue weighted by Gasteiger charge is -2.19. The van der Waals surface area contributed by atoms with E-state index < -0.39 is 0 Å². The second-order valence-electron chi connectivity index (χ2n) is 6.08. The highest BCUT2D eigenvalue weighted by molar-refractivity contribution is 6.33. The van der Waals surface area contributed by atoms with Gasteiger partial charge in [-0.25, -0.2) is 10.4 Å². The summed E-state index contributed by atoms with van der Waals surface area (Å²) in [6, 6.07) is 16.3. The van der Waals surface area contributed by atoms with Gasteiger partial charge in [-0.15, -0.1) is 0 Å². The predicted molar refractivity (Wildman–Crippen MR) is 106 cm³/mol. The fourth-order valence-corrected chi connectivity index (χ4v) is 2.83. The molecule has 0 unspecified atom stereocenters. The van der Waals surface area contributed by atoms with Gasteiger partial charge in [-0.3, -0.25) is 0 Å². The fraction of sp³-hybridized carbons (Fsp3) is 0.263. The van der Waals surface area contributed by atoms with Crippen molar-refractivity contribution < 1.29 is 0 Å². The lowest BCUT2D eigenvalue weighted by Crippen LogP contribution is -2.35. The van der Waals surface area contributed by atoms with Crippen LogP contribution in [0.15, 0.2) is 58.6 Å². The zero-order valence-electron chi connectivity index (χ0n) is 14.5. The van der Waals surface area contributed by atoms with Crippen LogP contribution < -0.4 is 10.3 Å². The van der Waals surface area contributed by atoms with E-state index in [0.717, 1.165) is 36.8 Å². The zero-order valence-corrected chi connectivity index (χ0v) is 15.2. The van der Waals surface area contributed by atoms with Gasteiger partial charge in [0.15, 0.2) is 0 Å². The third-order valence-corrected chi connectivity index (χ3v) is 4.34. The first kappa shape index (κ1) is 17.3. The van der Waals surface area contributed by atoms with Crippen LogP contribution >= 0.6 is 11.6 Å². The average molecular weight is 356 g/mol. The van der Waals surface area contributed by atoms with E-state index in [-0.39, 0.29) is 0 Å². The molecule has 1 heterocycles. The molecule has 0 saturated carbocycles. The van der Waals surface area contributed by atoms with Crippen LogP contribution in [0, 0.1) is 0 Å². The molecular weight excluding hydrogens is 334 g/mol. The van der Waals surface area contributed by atoms with Crippen LogP contribution in [0.1, 0.15) is 11.1 Å². The van der Waals surface area contributed by atoms with Gasteiger partial charge in [0, 0.05) is 38.4 Å². The number of hydrazone groups is 1. The molecule has 2 aromatic rings. The highest BCUT2D eigenvalue weighted by Crippen LogP contribution is 2.21. The van der Waals surface area contributed by atoms with Crippen LogP contribution in [0.25, 0.3) is 0 Å². The third-order valence-electron chi connectivity index (χ3n) is 4.02. The predicted octanol–water partition coefficient (Wildman–Crippen LogP) is 3.20. The molecule has 0 saturated heterocycles. The molecule has 130 valence electrons. The number of hydrogen-bond acceptors (Lipinski definition) is 5. The van der Waals surface area contributed by atoms with Gasteiger partial charge in [0.05, 0.1) is 17.8 Å². The van der Waals surface area contributed by atoms with E-state index in [9.17, 15) is 0 Å². The van der Waals surface area contributed by atoms with Crippen LogP contribution in [-0.4, -0.2) is 44.3 Å². The minimum Gasteiger partial charge on any atom is -0.378 e. The Labute approximate surface area is 153 Å². The van der Waals surface area contributed by atoms with E-state index in [1.807, 2.05) is 55.4 Å². The second-order valence-corrected chi connectivity index (χ2v) is 6.49. The molecule has 3 rings (SSSR count). The van der Waals surface area contributed by atoms with Crippen LogP contribution in [0.5, 0.6) is 0 Å². The van der Waals surface area contributed by atoms with Crippen molar-refractivity contribution in [3.8, 4) is 0 Å². The van der Waals surface area contributed by atoms with E-state index in [1.165, 1.54) is 5.56 Å². The second kappa shape index (κ2) is 8.03. The van der Waals surface area contributed by atoms with Crippen LogP contribution in [0.3, 0.4) is 0 Å². The van der Waals surface area contributed by atoms with Gasteiger partial charge in [0.25, 0.3) is 0 Å². The molecule has 6 heteroatoms. The molecule has 1 aliphatic rings. The molecule has 2 aromatic carbocycles. The van der Waals surface area contributed by atoms with Gasteiger partial charge < -0.3 is 9.80 Å². The molecule has 0 spiro atoms. The third kappa shape index (κ3) is 4.51. The Morgan fingerprint density at radius 1 is 1.24 bits per heavy atom. The lowest BCUT2D eigenvalue weighted by atomic mass is 10.2. The van der Waals surface area contributed by atoms with Crippen LogP contribution in [0.2, 0.25) is 5.02 Å². The Morgan fingerprint density at radius 2 is 2.04 bits per heavy atom. The minimum absolute atomic E-state index is 0.672. The summed E-state index contributed by atoms with van der Waals surface area (Å²) in [5, 5.41) is 4.98. The first-order chi connectivity index (χ1) is 12.1. The van der Waals surface area contributed by atoms with E-state index in [0.29, 0.717) is 5.02 Å². The first-order valence-corrected chi connectivity index (χ1v) is 8.60. The summed E-state index contributed by atoms with van der Waals surface area (Å²) in [6.45, 7) is 2.49. The number of nitrogens with zero attached hydrogens (tertiary/aromatic N) is 4. The van der Waals surface area contributed by atoms with E-state index in [1.54, 1.807) is 6.21 Å². The summed E-state index contributed by atoms with van der Waals surface area (Å²) in [6.07, 6.45) is 1.73. The van der Waals surface area contributed by atoms with Crippen molar-refractivity contribution in [1.82, 2.24) is 10.3 Å². The van der Waals surface area contributed by atoms with Crippen molar-refractivity contribution in [3.63, 3.8) is 0 Å². The highest BCUT2D eigenvalue weighted by atomic mass is 35.5. The Bertz CT molecular complexity index is 771. The van der Waals surface area contributed by atoms with Crippen molar-refractivity contribution in [3.05, 3.63) is 64.7 Å². The average Bonchev–Trinajstić information content (AvgIpc) is 3.04. The number of guanidine groups is 1. The van der Waals surface area contributed by atoms with Crippen LogP contribution in [0.4, 0.5) is 5.69 Å². The fourth-order valence-electron chi connectivity index (χ4n) is 2.60. The van der Waals surface area contributed by atoms with E-state index in [2.05, 4.69) is 32.6 Å². The monoisotopic (exact) mass is 355 g/mol. The van der Waals surface area contributed by atoms with Crippen molar-refractivity contribution in [2.45, 2.75) is 6.54 Å². The minimum atomic E-state index is 0.672. The lowest BCUT2D eigenvalue weighted by molar-refractivity contribution is 0.438. The van der Waals surface area contributed by atoms with Gasteiger partial charge in [-0.05, 0) is 23.8 Å². The van der Waals surface area contributed by atoms with Crippen molar-refractivity contribution >= 4 is 29.5 Å². The Balaban J connectivity index is 1.61. The highest BCUT2D eigenvalue weighted by Gasteiger charge is 2.16. The van der Waals surface area contributed by atoms with E-state index in [4.69, 9.17) is 11.6 Å². The Hall–Kier alpha value is -2.53. The maximum atomic E-state index is 6.32. The number of hydrogen-bond donors (Lipinski definition) is 1. The van der Waals surface area contributed by atoms with Gasteiger partial charge >= 0.3 is 0 Å². The van der Waals surface area contributed by atoms with Crippen LogP contribution in [-0.2, 0) is 6.54 Å². The number of halogens is 1. The smallest absolute Gasteiger partial charge is 0.215 e. The molecule has 0 atom stereocenters. The largest absolute Gasteiger partial charge is 0.378 e. The van der Waals surface area contributed by atoms with Crippen molar-refractivity contribution in [1.29, 1.82) is 0 Å². The van der Waals surface area contributed by atoms with Crippen molar-refractivity contribution in [2.75, 3.05) is 32.1 Å². The summed E-state index contributed by atoms with van der Waals surface area (Å²) in [4.78, 5) is 8.68. The summed E-state index contributed by atoms with van der Waals surface area (Å²) < 4.78 is 0. The zero-order chi connectivity index (χ0) is 17.6. The molecule has 25 heavy (non-hydrogen) atoms. The Morgan fingerprint density at radius 3 is 2.76 bits per heavy atom. The molecule has 0 aromatic heterocycles. The number of rotatable bonds is 5. The quantitative estimate of drug-likeness (QED) is 0.661. The molecule has 0 amide bonds. The van der Waals surface area contributed by atoms with E-state index >= 15 is 0 Å². The topological polar surface area (TPSA) is 43.2 Å². The molecule has 0 aliphatic carbocycles. The van der Waals surface area contributed by atoms with Gasteiger partial charge in [0.1, 0.15) is 0 Å². The molecule has 5 nitrogen and oxygen atoms in total. The molecule has 1 aliphatic heterocycles. The molecule has 0 fully saturated rings. The standard InChI is InChI=1S/C19H22ClN5/c1-24(2)17-9-8-16(18(20)12-17)13-22-23-19-21-10-11-25(19)14-15-6-4-3-5-7-15/h3-9,12-13H,10-11,14H2,1-2H3,(H,21,23)/b22-13+. The van der Waals surface area contributed by atoms with Gasteiger partial charge in [0.2, 0.25) is 5.96 Å². The SMILES string of the molecule is CN(C)c1ccc(/C=N/NC2=NCCN2Cc2ccccc2)c(Cl)c1. The Kier molecular flexibility index (Phi) is 5.56. The maximum absolute atomic E-state index is 6.32. The molecule has 0 bridgehead atoms. The number of benzene rings is 2. The number of nitrogens with one attached hydrogen (secondary N) is 1. The molecular formula is C19H22ClN5. The summed E-state index contributed by atoms with van der Waals surface area (Å²) in [5.41, 5.74) is 6.22. The van der Waals surface area contributed by atoms with Gasteiger partial charge in [-0.1, -0.05) is 41.9 Å². The summed E-state index contributed by atoms with van der Waals surface area (Å²) in [7, 11) is 3.97. The summed E-state index contributed by atoms with van der Waals surface area (Å²) >= 11 is 6.32. The molecule has 0 radical (unpaired) electrons. The first-order valence-electron chi connectivity index (χ1n) is 8.23. The molecule has 1 N–H and O–H groups in total. The number of aliphatic imine (C=N–C) groups is 1. The summed E-state index contributed by atoms with van der Waals surface area (Å²) in [5.74, 6) is 0.793. The maximum Gasteiger partial charge on any atom is 0.215 e. The number of anilines is 1. The van der Waals surface area contributed by atoms with Gasteiger partial charge in [-0.2, -0.15) is 5.10 Å².